The average Bonchev–Trinajstić information content (AvgIpc) is 2.95. The summed E-state index contributed by atoms with van der Waals surface area (Å²) < 4.78 is 36.7. The second-order valence-corrected chi connectivity index (χ2v) is 4.54. The van der Waals surface area contributed by atoms with Crippen LogP contribution in [-0.2, 0) is 4.79 Å². The fourth-order valence-corrected chi connectivity index (χ4v) is 1.28. The lowest BCUT2D eigenvalue weighted by Gasteiger charge is -2.23. The molecule has 0 bridgehead atoms. The van der Waals surface area contributed by atoms with E-state index in [4.69, 9.17) is 11.6 Å². The van der Waals surface area contributed by atoms with Gasteiger partial charge >= 0.3 is 12.2 Å². The van der Waals surface area contributed by atoms with E-state index in [2.05, 4.69) is 0 Å². The number of nitrogens with zero attached hydrogens (tertiary/aromatic N) is 1. The van der Waals surface area contributed by atoms with E-state index in [9.17, 15) is 22.8 Å². The van der Waals surface area contributed by atoms with Crippen molar-refractivity contribution in [3.63, 3.8) is 0 Å². The number of hydrogen-bond donors (Lipinski definition) is 1. The number of carbonyl (C=O) groups excluding carboxylic acids is 2. The zero-order chi connectivity index (χ0) is 13.2. The van der Waals surface area contributed by atoms with Crippen molar-refractivity contribution in [2.24, 2.45) is 0 Å². The molecule has 1 rings (SSSR count). The van der Waals surface area contributed by atoms with E-state index in [1.165, 1.54) is 6.92 Å². The molecule has 0 aliphatic heterocycles. The van der Waals surface area contributed by atoms with Gasteiger partial charge in [-0.25, -0.2) is 4.79 Å². The smallest absolute Gasteiger partial charge is 0.312 e. The highest BCUT2D eigenvalue weighted by Gasteiger charge is 2.41. The lowest BCUT2D eigenvalue weighted by atomic mass is 10.4. The minimum Gasteiger partial charge on any atom is -0.312 e. The molecular formula is C9H12ClF3N2O2. The molecule has 17 heavy (non-hydrogen) atoms. The maximum atomic E-state index is 12.2. The minimum absolute atomic E-state index is 0.435. The molecule has 1 aliphatic carbocycles. The molecule has 1 unspecified atom stereocenters. The molecule has 1 fully saturated rings. The number of carbonyl (C=O) groups is 2. The van der Waals surface area contributed by atoms with Gasteiger partial charge in [-0.2, -0.15) is 13.2 Å². The average molecular weight is 273 g/mol. The van der Waals surface area contributed by atoms with Crippen LogP contribution in [0.1, 0.15) is 19.8 Å². The van der Waals surface area contributed by atoms with Gasteiger partial charge in [0.25, 0.3) is 0 Å². The zero-order valence-electron chi connectivity index (χ0n) is 9.05. The third-order valence-corrected chi connectivity index (χ3v) is 2.39. The van der Waals surface area contributed by atoms with Crippen molar-refractivity contribution < 1.29 is 22.8 Å². The fraction of sp³-hybridized carbons (Fsp3) is 0.778. The van der Waals surface area contributed by atoms with E-state index in [0.29, 0.717) is 17.7 Å². The van der Waals surface area contributed by atoms with E-state index in [1.54, 1.807) is 0 Å². The standard InChI is InChI=1S/C9H12ClF3N2O2/c1-5(10)7(16)14-8(17)15(6-2-3-6)4-9(11,12)13/h5-6H,2-4H2,1H3,(H,14,16,17). The molecule has 3 amide bonds. The molecule has 1 atom stereocenters. The van der Waals surface area contributed by atoms with E-state index < -0.39 is 36.1 Å². The van der Waals surface area contributed by atoms with Gasteiger partial charge in [0.15, 0.2) is 0 Å². The highest BCUT2D eigenvalue weighted by atomic mass is 35.5. The molecule has 4 nitrogen and oxygen atoms in total. The van der Waals surface area contributed by atoms with Crippen LogP contribution in [-0.4, -0.2) is 41.0 Å². The molecule has 8 heteroatoms. The lowest BCUT2D eigenvalue weighted by molar-refractivity contribution is -0.141. The first-order valence-electron chi connectivity index (χ1n) is 5.03. The van der Waals surface area contributed by atoms with Crippen molar-refractivity contribution in [2.45, 2.75) is 37.4 Å². The normalized spacial score (nSPS) is 17.5. The van der Waals surface area contributed by atoms with Gasteiger partial charge in [-0.15, -0.1) is 11.6 Å². The van der Waals surface area contributed by atoms with Crippen LogP contribution in [0, 0.1) is 0 Å². The first kappa shape index (κ1) is 14.1. The quantitative estimate of drug-likeness (QED) is 0.798. The lowest BCUT2D eigenvalue weighted by Crippen LogP contribution is -2.49. The van der Waals surface area contributed by atoms with Gasteiger partial charge in [0.2, 0.25) is 5.91 Å². The third-order valence-electron chi connectivity index (χ3n) is 2.19. The molecule has 0 saturated heterocycles. The highest BCUT2D eigenvalue weighted by molar-refractivity contribution is 6.31. The molecule has 0 aromatic rings. The topological polar surface area (TPSA) is 49.4 Å². The molecule has 0 aromatic carbocycles. The van der Waals surface area contributed by atoms with Gasteiger partial charge in [0, 0.05) is 6.04 Å². The summed E-state index contributed by atoms with van der Waals surface area (Å²) in [6.07, 6.45) is -3.43. The van der Waals surface area contributed by atoms with Crippen molar-refractivity contribution in [3.8, 4) is 0 Å². The van der Waals surface area contributed by atoms with Crippen LogP contribution in [0.4, 0.5) is 18.0 Å². The number of hydrogen-bond acceptors (Lipinski definition) is 2. The Balaban J connectivity index is 2.58. The summed E-state index contributed by atoms with van der Waals surface area (Å²) in [4.78, 5) is 23.2. The van der Waals surface area contributed by atoms with Crippen molar-refractivity contribution in [1.29, 1.82) is 0 Å². The van der Waals surface area contributed by atoms with Gasteiger partial charge in [-0.3, -0.25) is 10.1 Å². The number of amides is 3. The van der Waals surface area contributed by atoms with E-state index in [1.807, 2.05) is 5.32 Å². The molecule has 0 aromatic heterocycles. The Labute approximate surface area is 101 Å². The molecular weight excluding hydrogens is 261 g/mol. The summed E-state index contributed by atoms with van der Waals surface area (Å²) in [6, 6.07) is -1.47. The maximum Gasteiger partial charge on any atom is 0.406 e. The first-order chi connectivity index (χ1) is 7.70. The predicted molar refractivity (Wildman–Crippen MR) is 54.6 cm³/mol. The first-order valence-corrected chi connectivity index (χ1v) is 5.46. The van der Waals surface area contributed by atoms with Crippen LogP contribution in [0.15, 0.2) is 0 Å². The summed E-state index contributed by atoms with van der Waals surface area (Å²) in [7, 11) is 0. The number of urea groups is 1. The van der Waals surface area contributed by atoms with Crippen molar-refractivity contribution in [3.05, 3.63) is 0 Å². The Morgan fingerprint density at radius 3 is 2.35 bits per heavy atom. The predicted octanol–water partition coefficient (Wildman–Crippen LogP) is 1.88. The maximum absolute atomic E-state index is 12.2. The van der Waals surface area contributed by atoms with E-state index in [0.717, 1.165) is 0 Å². The molecule has 0 radical (unpaired) electrons. The molecule has 1 saturated carbocycles. The second-order valence-electron chi connectivity index (χ2n) is 3.88. The second kappa shape index (κ2) is 5.12. The summed E-state index contributed by atoms with van der Waals surface area (Å²) in [5.41, 5.74) is 0. The van der Waals surface area contributed by atoms with Crippen LogP contribution in [0.5, 0.6) is 0 Å². The molecule has 0 spiro atoms. The Kier molecular flexibility index (Phi) is 4.24. The number of rotatable bonds is 3. The monoisotopic (exact) mass is 272 g/mol. The summed E-state index contributed by atoms with van der Waals surface area (Å²) in [5.74, 6) is -0.801. The van der Waals surface area contributed by atoms with Crippen LogP contribution in [0.25, 0.3) is 0 Å². The van der Waals surface area contributed by atoms with Crippen LogP contribution in [0.3, 0.4) is 0 Å². The van der Waals surface area contributed by atoms with Crippen LogP contribution in [0.2, 0.25) is 0 Å². The van der Waals surface area contributed by atoms with Crippen molar-refractivity contribution >= 4 is 23.5 Å². The Morgan fingerprint density at radius 2 is 2.00 bits per heavy atom. The molecule has 98 valence electrons. The largest absolute Gasteiger partial charge is 0.406 e. The van der Waals surface area contributed by atoms with Gasteiger partial charge in [0.1, 0.15) is 11.9 Å². The number of alkyl halides is 4. The SMILES string of the molecule is CC(Cl)C(=O)NC(=O)N(CC(F)(F)F)C1CC1. The van der Waals surface area contributed by atoms with Crippen LogP contribution < -0.4 is 5.32 Å². The number of halogens is 4. The number of imide groups is 1. The van der Waals surface area contributed by atoms with E-state index >= 15 is 0 Å². The Bertz CT molecular complexity index is 316. The Hall–Kier alpha value is -0.980. The van der Waals surface area contributed by atoms with Crippen molar-refractivity contribution in [1.82, 2.24) is 10.2 Å². The molecule has 1 N–H and O–H groups in total. The van der Waals surface area contributed by atoms with Gasteiger partial charge < -0.3 is 4.90 Å². The summed E-state index contributed by atoms with van der Waals surface area (Å²) in [5, 5.41) is 0.873. The minimum atomic E-state index is -4.48. The summed E-state index contributed by atoms with van der Waals surface area (Å²) >= 11 is 5.40. The zero-order valence-corrected chi connectivity index (χ0v) is 9.81. The summed E-state index contributed by atoms with van der Waals surface area (Å²) in [6.45, 7) is -0.0250. The fourth-order valence-electron chi connectivity index (χ4n) is 1.22. The third kappa shape index (κ3) is 4.80. The Morgan fingerprint density at radius 1 is 1.47 bits per heavy atom. The molecule has 1 aliphatic rings. The highest BCUT2D eigenvalue weighted by Crippen LogP contribution is 2.30. The number of nitrogens with one attached hydrogen (secondary N) is 1. The van der Waals surface area contributed by atoms with Crippen LogP contribution >= 0.6 is 11.6 Å². The van der Waals surface area contributed by atoms with Gasteiger partial charge in [0.05, 0.1) is 0 Å². The molecule has 0 heterocycles. The van der Waals surface area contributed by atoms with Crippen molar-refractivity contribution in [2.75, 3.05) is 6.54 Å². The van der Waals surface area contributed by atoms with Gasteiger partial charge in [-0.1, -0.05) is 0 Å². The van der Waals surface area contributed by atoms with E-state index in [-0.39, 0.29) is 0 Å². The van der Waals surface area contributed by atoms with Gasteiger partial charge in [-0.05, 0) is 19.8 Å².